The third-order valence-corrected chi connectivity index (χ3v) is 5.59. The van der Waals surface area contributed by atoms with E-state index in [1.54, 1.807) is 0 Å². The van der Waals surface area contributed by atoms with Gasteiger partial charge in [-0.1, -0.05) is 6.42 Å². The molecule has 0 spiro atoms. The van der Waals surface area contributed by atoms with Gasteiger partial charge in [-0.15, -0.1) is 0 Å². The zero-order valence-electron chi connectivity index (χ0n) is 10.8. The number of hydrogen-bond acceptors (Lipinski definition) is 4. The third-order valence-electron chi connectivity index (χ3n) is 3.75. The highest BCUT2D eigenvalue weighted by Crippen LogP contribution is 2.31. The Morgan fingerprint density at radius 1 is 1.47 bits per heavy atom. The van der Waals surface area contributed by atoms with Crippen LogP contribution >= 0.6 is 0 Å². The molecule has 0 aromatic carbocycles. The van der Waals surface area contributed by atoms with Crippen LogP contribution in [-0.2, 0) is 10.0 Å². The zero-order valence-corrected chi connectivity index (χ0v) is 11.6. The Morgan fingerprint density at radius 2 is 2.21 bits per heavy atom. The topological polar surface area (TPSA) is 76.3 Å². The van der Waals surface area contributed by atoms with Gasteiger partial charge in [0.05, 0.1) is 6.20 Å². The standard InChI is InChI=1S/C12H18FN3O2S/c1-16(12-4-2-3-9(12)6-14)19(17,18)11-5-10(13)7-15-8-11/h5,7-9,12H,2-4,6,14H2,1H3. The van der Waals surface area contributed by atoms with Gasteiger partial charge >= 0.3 is 0 Å². The highest BCUT2D eigenvalue weighted by Gasteiger charge is 2.36. The van der Waals surface area contributed by atoms with Gasteiger partial charge in [-0.2, -0.15) is 4.31 Å². The molecule has 1 aliphatic carbocycles. The van der Waals surface area contributed by atoms with Crippen LogP contribution in [-0.4, -0.2) is 37.3 Å². The van der Waals surface area contributed by atoms with Crippen LogP contribution in [0.5, 0.6) is 0 Å². The second kappa shape index (κ2) is 5.52. The molecule has 1 aromatic heterocycles. The number of aromatic nitrogens is 1. The molecule has 0 aliphatic heterocycles. The number of pyridine rings is 1. The normalized spacial score (nSPS) is 24.0. The van der Waals surface area contributed by atoms with E-state index in [2.05, 4.69) is 4.98 Å². The number of sulfonamides is 1. The lowest BCUT2D eigenvalue weighted by atomic mass is 10.0. The van der Waals surface area contributed by atoms with Crippen molar-refractivity contribution in [2.75, 3.05) is 13.6 Å². The number of nitrogens with zero attached hydrogens (tertiary/aromatic N) is 2. The first-order chi connectivity index (χ1) is 8.96. The van der Waals surface area contributed by atoms with Crippen molar-refractivity contribution in [1.29, 1.82) is 0 Å². The van der Waals surface area contributed by atoms with Crippen molar-refractivity contribution >= 4 is 10.0 Å². The second-order valence-corrected chi connectivity index (χ2v) is 6.85. The monoisotopic (exact) mass is 287 g/mol. The average molecular weight is 287 g/mol. The maximum atomic E-state index is 13.1. The fraction of sp³-hybridized carbons (Fsp3) is 0.583. The molecular formula is C12H18FN3O2S. The Bertz CT molecular complexity index is 550. The maximum Gasteiger partial charge on any atom is 0.244 e. The summed E-state index contributed by atoms with van der Waals surface area (Å²) >= 11 is 0. The molecule has 1 saturated carbocycles. The van der Waals surface area contributed by atoms with Crippen molar-refractivity contribution in [2.45, 2.75) is 30.2 Å². The van der Waals surface area contributed by atoms with Crippen molar-refractivity contribution in [2.24, 2.45) is 11.7 Å². The number of rotatable bonds is 4. The SMILES string of the molecule is CN(C1CCCC1CN)S(=O)(=O)c1cncc(F)c1. The van der Waals surface area contributed by atoms with Crippen molar-refractivity contribution in [3.63, 3.8) is 0 Å². The molecule has 0 bridgehead atoms. The van der Waals surface area contributed by atoms with Gasteiger partial charge in [0.1, 0.15) is 10.7 Å². The van der Waals surface area contributed by atoms with Gasteiger partial charge in [-0.25, -0.2) is 12.8 Å². The summed E-state index contributed by atoms with van der Waals surface area (Å²) in [5.41, 5.74) is 5.67. The van der Waals surface area contributed by atoms with Crippen LogP contribution in [0.4, 0.5) is 4.39 Å². The molecule has 1 aromatic rings. The predicted molar refractivity (Wildman–Crippen MR) is 69.3 cm³/mol. The van der Waals surface area contributed by atoms with Crippen molar-refractivity contribution in [3.05, 3.63) is 24.3 Å². The van der Waals surface area contributed by atoms with E-state index in [0.717, 1.165) is 31.5 Å². The minimum absolute atomic E-state index is 0.113. The van der Waals surface area contributed by atoms with E-state index in [1.165, 1.54) is 17.5 Å². The molecule has 1 heterocycles. The quantitative estimate of drug-likeness (QED) is 0.895. The number of nitrogens with two attached hydrogens (primary N) is 1. The molecule has 106 valence electrons. The molecule has 2 unspecified atom stereocenters. The zero-order chi connectivity index (χ0) is 14.0. The first kappa shape index (κ1) is 14.4. The Labute approximate surface area is 112 Å². The lowest BCUT2D eigenvalue weighted by Gasteiger charge is -2.28. The van der Waals surface area contributed by atoms with Crippen molar-refractivity contribution in [1.82, 2.24) is 9.29 Å². The smallest absolute Gasteiger partial charge is 0.244 e. The van der Waals surface area contributed by atoms with E-state index in [-0.39, 0.29) is 16.9 Å². The molecule has 1 aliphatic rings. The molecule has 2 atom stereocenters. The summed E-state index contributed by atoms with van der Waals surface area (Å²) in [6.45, 7) is 0.464. The molecule has 19 heavy (non-hydrogen) atoms. The van der Waals surface area contributed by atoms with Crippen LogP contribution in [0.1, 0.15) is 19.3 Å². The molecule has 0 saturated heterocycles. The molecule has 0 radical (unpaired) electrons. The van der Waals surface area contributed by atoms with Gasteiger partial charge in [0, 0.05) is 19.3 Å². The fourth-order valence-electron chi connectivity index (χ4n) is 2.65. The summed E-state index contributed by atoms with van der Waals surface area (Å²) < 4.78 is 39.3. The molecular weight excluding hydrogens is 269 g/mol. The molecule has 5 nitrogen and oxygen atoms in total. The van der Waals surface area contributed by atoms with Crippen LogP contribution < -0.4 is 5.73 Å². The van der Waals surface area contributed by atoms with Gasteiger partial charge in [0.15, 0.2) is 0 Å². The summed E-state index contributed by atoms with van der Waals surface area (Å²) in [6, 6.07) is 0.879. The Morgan fingerprint density at radius 3 is 2.84 bits per heavy atom. The largest absolute Gasteiger partial charge is 0.330 e. The highest BCUT2D eigenvalue weighted by molar-refractivity contribution is 7.89. The van der Waals surface area contributed by atoms with E-state index >= 15 is 0 Å². The van der Waals surface area contributed by atoms with Gasteiger partial charge in [0.2, 0.25) is 10.0 Å². The molecule has 7 heteroatoms. The van der Waals surface area contributed by atoms with Crippen LogP contribution in [0.3, 0.4) is 0 Å². The van der Waals surface area contributed by atoms with Gasteiger partial charge in [-0.3, -0.25) is 4.98 Å². The van der Waals surface area contributed by atoms with E-state index < -0.39 is 15.8 Å². The Kier molecular flexibility index (Phi) is 4.17. The second-order valence-electron chi connectivity index (χ2n) is 4.85. The highest BCUT2D eigenvalue weighted by atomic mass is 32.2. The van der Waals surface area contributed by atoms with Crippen LogP contribution in [0.25, 0.3) is 0 Å². The first-order valence-electron chi connectivity index (χ1n) is 6.25. The minimum Gasteiger partial charge on any atom is -0.330 e. The maximum absolute atomic E-state index is 13.1. The Hall–Kier alpha value is -1.05. The molecule has 2 rings (SSSR count). The van der Waals surface area contributed by atoms with Gasteiger partial charge in [0.25, 0.3) is 0 Å². The van der Waals surface area contributed by atoms with Crippen molar-refractivity contribution < 1.29 is 12.8 Å². The lowest BCUT2D eigenvalue weighted by Crippen LogP contribution is -2.41. The summed E-state index contributed by atoms with van der Waals surface area (Å²) in [5, 5.41) is 0. The summed E-state index contributed by atoms with van der Waals surface area (Å²) in [5.74, 6) is -0.488. The lowest BCUT2D eigenvalue weighted by molar-refractivity contribution is 0.304. The first-order valence-corrected chi connectivity index (χ1v) is 7.69. The van der Waals surface area contributed by atoms with Crippen LogP contribution in [0.15, 0.2) is 23.4 Å². The molecule has 2 N–H and O–H groups in total. The van der Waals surface area contributed by atoms with E-state index in [4.69, 9.17) is 5.73 Å². The van der Waals surface area contributed by atoms with Crippen LogP contribution in [0.2, 0.25) is 0 Å². The van der Waals surface area contributed by atoms with E-state index in [0.29, 0.717) is 6.54 Å². The van der Waals surface area contributed by atoms with Gasteiger partial charge < -0.3 is 5.73 Å². The average Bonchev–Trinajstić information content (AvgIpc) is 2.85. The third kappa shape index (κ3) is 2.77. The van der Waals surface area contributed by atoms with Gasteiger partial charge in [-0.05, 0) is 31.4 Å². The van der Waals surface area contributed by atoms with E-state index in [9.17, 15) is 12.8 Å². The van der Waals surface area contributed by atoms with Crippen molar-refractivity contribution in [3.8, 4) is 0 Å². The number of hydrogen-bond donors (Lipinski definition) is 1. The number of halogens is 1. The Balaban J connectivity index is 2.29. The van der Waals surface area contributed by atoms with Crippen LogP contribution in [0, 0.1) is 11.7 Å². The fourth-order valence-corrected chi connectivity index (χ4v) is 4.07. The summed E-state index contributed by atoms with van der Waals surface area (Å²) in [7, 11) is -2.19. The summed E-state index contributed by atoms with van der Waals surface area (Å²) in [4.78, 5) is 3.48. The molecule has 0 amide bonds. The van der Waals surface area contributed by atoms with E-state index in [1.807, 2.05) is 0 Å². The molecule has 1 fully saturated rings. The summed E-state index contributed by atoms with van der Waals surface area (Å²) in [6.07, 6.45) is 4.84. The minimum atomic E-state index is -3.71. The predicted octanol–water partition coefficient (Wildman–Crippen LogP) is 0.969.